The van der Waals surface area contributed by atoms with Gasteiger partial charge in [-0.15, -0.1) is 0 Å². The first-order valence-corrected chi connectivity index (χ1v) is 6.52. The number of ketones is 1. The molecule has 0 amide bonds. The van der Waals surface area contributed by atoms with Gasteiger partial charge in [-0.25, -0.2) is 4.39 Å². The first kappa shape index (κ1) is 12.1. The van der Waals surface area contributed by atoms with Gasteiger partial charge in [-0.2, -0.15) is 0 Å². The predicted molar refractivity (Wildman–Crippen MR) is 72.8 cm³/mol. The molecule has 19 heavy (non-hydrogen) atoms. The highest BCUT2D eigenvalue weighted by Gasteiger charge is 2.44. The van der Waals surface area contributed by atoms with Crippen LogP contribution in [0.1, 0.15) is 33.8 Å². The monoisotopic (exact) mass is 254 g/mol. The molecule has 0 radical (unpaired) electrons. The molecule has 0 bridgehead atoms. The van der Waals surface area contributed by atoms with E-state index in [9.17, 15) is 9.18 Å². The zero-order valence-electron chi connectivity index (χ0n) is 10.8. The Labute approximate surface area is 112 Å². The van der Waals surface area contributed by atoms with E-state index in [1.165, 1.54) is 17.7 Å². The Balaban J connectivity index is 1.80. The van der Waals surface area contributed by atoms with Crippen LogP contribution in [0.5, 0.6) is 0 Å². The number of rotatable bonds is 3. The molecule has 2 aromatic carbocycles. The molecule has 1 fully saturated rings. The minimum Gasteiger partial charge on any atom is -0.294 e. The first-order chi connectivity index (χ1) is 9.16. The maximum atomic E-state index is 13.1. The zero-order valence-corrected chi connectivity index (χ0v) is 10.8. The lowest BCUT2D eigenvalue weighted by molar-refractivity contribution is 0.0964. The fourth-order valence-electron chi connectivity index (χ4n) is 2.66. The second-order valence-electron chi connectivity index (χ2n) is 5.18. The molecule has 3 rings (SSSR count). The highest BCUT2D eigenvalue weighted by atomic mass is 19.1. The van der Waals surface area contributed by atoms with Crippen LogP contribution >= 0.6 is 0 Å². The first-order valence-electron chi connectivity index (χ1n) is 6.52. The van der Waals surface area contributed by atoms with Crippen LogP contribution < -0.4 is 0 Å². The van der Waals surface area contributed by atoms with Crippen LogP contribution in [0.2, 0.25) is 0 Å². The van der Waals surface area contributed by atoms with E-state index in [2.05, 4.69) is 12.1 Å². The Kier molecular flexibility index (Phi) is 2.94. The fraction of sp³-hybridized carbons (Fsp3) is 0.235. The Morgan fingerprint density at radius 1 is 1.16 bits per heavy atom. The van der Waals surface area contributed by atoms with E-state index >= 15 is 0 Å². The Bertz CT molecular complexity index is 618. The second-order valence-corrected chi connectivity index (χ2v) is 5.18. The summed E-state index contributed by atoms with van der Waals surface area (Å²) in [5, 5.41) is 0. The number of benzene rings is 2. The number of aryl methyl sites for hydroxylation is 1. The number of carbonyl (C=O) groups excluding carboxylic acids is 1. The summed E-state index contributed by atoms with van der Waals surface area (Å²) in [5.41, 5.74) is 2.61. The maximum absolute atomic E-state index is 13.1. The summed E-state index contributed by atoms with van der Waals surface area (Å²) in [6.07, 6.45) is 0.902. The van der Waals surface area contributed by atoms with Gasteiger partial charge in [0.2, 0.25) is 0 Å². The lowest BCUT2D eigenvalue weighted by Gasteiger charge is -2.05. The van der Waals surface area contributed by atoms with Crippen molar-refractivity contribution in [3.8, 4) is 0 Å². The molecule has 2 aromatic rings. The van der Waals surface area contributed by atoms with Gasteiger partial charge >= 0.3 is 0 Å². The molecule has 2 heteroatoms. The molecule has 0 aromatic heterocycles. The van der Waals surface area contributed by atoms with Gasteiger partial charge in [-0.3, -0.25) is 4.79 Å². The fourth-order valence-corrected chi connectivity index (χ4v) is 2.66. The summed E-state index contributed by atoms with van der Waals surface area (Å²) >= 11 is 0. The summed E-state index contributed by atoms with van der Waals surface area (Å²) in [4.78, 5) is 12.4. The third-order valence-electron chi connectivity index (χ3n) is 3.81. The molecule has 1 saturated carbocycles. The standard InChI is InChI=1S/C17H15FO/c1-11-9-13(18)7-8-14(11)17(19)16-10-15(16)12-5-3-2-4-6-12/h2-9,15-16H,10H2,1H3. The second kappa shape index (κ2) is 4.61. The SMILES string of the molecule is Cc1cc(F)ccc1C(=O)C1CC1c1ccccc1. The summed E-state index contributed by atoms with van der Waals surface area (Å²) in [6, 6.07) is 14.5. The van der Waals surface area contributed by atoms with Crippen LogP contribution in [-0.4, -0.2) is 5.78 Å². The predicted octanol–water partition coefficient (Wildman–Crippen LogP) is 4.12. The highest BCUT2D eigenvalue weighted by Crippen LogP contribution is 2.49. The Morgan fingerprint density at radius 2 is 1.89 bits per heavy atom. The minimum absolute atomic E-state index is 0.0616. The number of halogens is 1. The van der Waals surface area contributed by atoms with E-state index in [0.29, 0.717) is 11.5 Å². The van der Waals surface area contributed by atoms with Crippen molar-refractivity contribution >= 4 is 5.78 Å². The topological polar surface area (TPSA) is 17.1 Å². The molecule has 1 aliphatic carbocycles. The smallest absolute Gasteiger partial charge is 0.166 e. The molecule has 0 heterocycles. The zero-order chi connectivity index (χ0) is 13.4. The Morgan fingerprint density at radius 3 is 2.58 bits per heavy atom. The molecular weight excluding hydrogens is 239 g/mol. The molecule has 1 aliphatic rings. The number of carbonyl (C=O) groups is 1. The van der Waals surface area contributed by atoms with Crippen molar-refractivity contribution in [2.75, 3.05) is 0 Å². The lowest BCUT2D eigenvalue weighted by atomic mass is 9.99. The van der Waals surface area contributed by atoms with Crippen molar-refractivity contribution < 1.29 is 9.18 Å². The third-order valence-corrected chi connectivity index (χ3v) is 3.81. The number of hydrogen-bond donors (Lipinski definition) is 0. The van der Waals surface area contributed by atoms with Crippen molar-refractivity contribution in [2.24, 2.45) is 5.92 Å². The number of hydrogen-bond acceptors (Lipinski definition) is 1. The van der Waals surface area contributed by atoms with Gasteiger partial charge in [0.05, 0.1) is 0 Å². The Hall–Kier alpha value is -1.96. The van der Waals surface area contributed by atoms with E-state index in [0.717, 1.165) is 12.0 Å². The van der Waals surface area contributed by atoms with Crippen LogP contribution in [0.25, 0.3) is 0 Å². The summed E-state index contributed by atoms with van der Waals surface area (Å²) in [7, 11) is 0. The van der Waals surface area contributed by atoms with Crippen LogP contribution in [0.4, 0.5) is 4.39 Å². The van der Waals surface area contributed by atoms with Gasteiger partial charge in [0.1, 0.15) is 5.82 Å². The van der Waals surface area contributed by atoms with Crippen LogP contribution in [-0.2, 0) is 0 Å². The molecule has 2 atom stereocenters. The summed E-state index contributed by atoms with van der Waals surface area (Å²) in [6.45, 7) is 1.79. The van der Waals surface area contributed by atoms with Gasteiger partial charge in [0, 0.05) is 11.5 Å². The largest absolute Gasteiger partial charge is 0.294 e. The average molecular weight is 254 g/mol. The third kappa shape index (κ3) is 2.30. The normalized spacial score (nSPS) is 21.2. The highest BCUT2D eigenvalue weighted by molar-refractivity contribution is 6.01. The van der Waals surface area contributed by atoms with Crippen LogP contribution in [0.15, 0.2) is 48.5 Å². The van der Waals surface area contributed by atoms with E-state index in [1.807, 2.05) is 18.2 Å². The van der Waals surface area contributed by atoms with E-state index in [4.69, 9.17) is 0 Å². The summed E-state index contributed by atoms with van der Waals surface area (Å²) in [5.74, 6) is 0.250. The minimum atomic E-state index is -0.288. The van der Waals surface area contributed by atoms with Crippen molar-refractivity contribution in [2.45, 2.75) is 19.3 Å². The number of Topliss-reactive ketones (excluding diaryl/α,β-unsaturated/α-hetero) is 1. The van der Waals surface area contributed by atoms with Gasteiger partial charge in [0.25, 0.3) is 0 Å². The summed E-state index contributed by atoms with van der Waals surface area (Å²) < 4.78 is 13.1. The van der Waals surface area contributed by atoms with Crippen LogP contribution in [0, 0.1) is 18.7 Å². The molecule has 0 saturated heterocycles. The maximum Gasteiger partial charge on any atom is 0.166 e. The molecular formula is C17H15FO. The lowest BCUT2D eigenvalue weighted by Crippen LogP contribution is -2.05. The molecule has 96 valence electrons. The van der Waals surface area contributed by atoms with E-state index in [-0.39, 0.29) is 17.5 Å². The molecule has 0 spiro atoms. The van der Waals surface area contributed by atoms with Crippen molar-refractivity contribution in [3.05, 3.63) is 71.0 Å². The molecule has 0 N–H and O–H groups in total. The molecule has 2 unspecified atom stereocenters. The quantitative estimate of drug-likeness (QED) is 0.753. The molecule has 0 aliphatic heterocycles. The van der Waals surface area contributed by atoms with Gasteiger partial charge in [-0.1, -0.05) is 30.3 Å². The van der Waals surface area contributed by atoms with Crippen molar-refractivity contribution in [3.63, 3.8) is 0 Å². The van der Waals surface area contributed by atoms with Crippen molar-refractivity contribution in [1.82, 2.24) is 0 Å². The van der Waals surface area contributed by atoms with E-state index in [1.54, 1.807) is 13.0 Å². The van der Waals surface area contributed by atoms with Gasteiger partial charge in [0.15, 0.2) is 5.78 Å². The van der Waals surface area contributed by atoms with Gasteiger partial charge < -0.3 is 0 Å². The van der Waals surface area contributed by atoms with Gasteiger partial charge in [-0.05, 0) is 48.6 Å². The average Bonchev–Trinajstić information content (AvgIpc) is 3.19. The molecule has 1 nitrogen and oxygen atoms in total. The van der Waals surface area contributed by atoms with Crippen LogP contribution in [0.3, 0.4) is 0 Å². The van der Waals surface area contributed by atoms with Crippen molar-refractivity contribution in [1.29, 1.82) is 0 Å². The van der Waals surface area contributed by atoms with E-state index < -0.39 is 0 Å².